The van der Waals surface area contributed by atoms with Crippen molar-refractivity contribution in [3.8, 4) is 0 Å². The van der Waals surface area contributed by atoms with Gasteiger partial charge >= 0.3 is 5.97 Å². The van der Waals surface area contributed by atoms with E-state index in [1.807, 2.05) is 0 Å². The summed E-state index contributed by atoms with van der Waals surface area (Å²) in [6.45, 7) is 3.01. The third kappa shape index (κ3) is 42.3. The molecule has 0 saturated carbocycles. The summed E-state index contributed by atoms with van der Waals surface area (Å²) < 4.78 is 21.3. The number of nitrogens with two attached hydrogens (primary N) is 1. The molecule has 2 radical (unpaired) electrons. The van der Waals surface area contributed by atoms with Gasteiger partial charge in [0, 0.05) is 45.4 Å². The number of carbonyl (C=O) groups is 6. The molecule has 4 amide bonds. The predicted molar refractivity (Wildman–Crippen MR) is 219 cm³/mol. The van der Waals surface area contributed by atoms with E-state index in [4.69, 9.17) is 37.6 Å². The first kappa shape index (κ1) is 53.9. The molecule has 7 N–H and O–H groups in total. The molecule has 16 nitrogen and oxygen atoms in total. The highest BCUT2D eigenvalue weighted by atomic mass is 16.5. The standard InChI is InChI=1S/C40H74BN5O11/c41-40(53)34(42)18-15-16-22-44-37(49)32-56-30-29-55-27-25-46-38(50)33-57-31-28-54-26-24-45-36(48)20-17-23-43-35(47)19-13-11-9-7-5-3-1-2-4-6-8-10-12-14-21-39(51)52/h34H,1-33,42H2,(H,43,47)(H,44,49)(H,45,48)(H,46,50)(H,51,52)/t34-/m0/s1. The molecule has 0 rings (SSSR count). The first-order valence-corrected chi connectivity index (χ1v) is 21.3. The van der Waals surface area contributed by atoms with Crippen molar-refractivity contribution in [3.63, 3.8) is 0 Å². The number of unbranched alkanes of at least 4 members (excludes halogenated alkanes) is 14. The van der Waals surface area contributed by atoms with Crippen LogP contribution in [0.4, 0.5) is 0 Å². The zero-order chi connectivity index (χ0) is 42.0. The van der Waals surface area contributed by atoms with Gasteiger partial charge in [-0.25, -0.2) is 0 Å². The van der Waals surface area contributed by atoms with Crippen LogP contribution in [-0.4, -0.2) is 133 Å². The van der Waals surface area contributed by atoms with Crippen LogP contribution in [0.15, 0.2) is 0 Å². The minimum Gasteiger partial charge on any atom is -0.481 e. The summed E-state index contributed by atoms with van der Waals surface area (Å²) in [4.78, 5) is 69.0. The molecule has 0 aliphatic heterocycles. The molecule has 0 spiro atoms. The summed E-state index contributed by atoms with van der Waals surface area (Å²) in [6.07, 6.45) is 19.6. The van der Waals surface area contributed by atoms with Crippen molar-refractivity contribution in [3.05, 3.63) is 0 Å². The lowest BCUT2D eigenvalue weighted by Gasteiger charge is -2.09. The monoisotopic (exact) mass is 812 g/mol. The maximum atomic E-state index is 12.1. The van der Waals surface area contributed by atoms with Crippen molar-refractivity contribution < 1.29 is 52.8 Å². The van der Waals surface area contributed by atoms with Gasteiger partial charge in [0.05, 0.1) is 51.4 Å². The van der Waals surface area contributed by atoms with Crippen molar-refractivity contribution in [2.75, 3.05) is 79.0 Å². The number of carbonyl (C=O) groups excluding carboxylic acids is 5. The fourth-order valence-corrected chi connectivity index (χ4v) is 5.59. The van der Waals surface area contributed by atoms with Crippen LogP contribution in [0.2, 0.25) is 0 Å². The summed E-state index contributed by atoms with van der Waals surface area (Å²) in [5.74, 6) is -1.29. The predicted octanol–water partition coefficient (Wildman–Crippen LogP) is 2.82. The zero-order valence-electron chi connectivity index (χ0n) is 34.6. The Kier molecular flexibility index (Phi) is 38.8. The van der Waals surface area contributed by atoms with Crippen LogP contribution in [0.5, 0.6) is 0 Å². The van der Waals surface area contributed by atoms with E-state index in [0.29, 0.717) is 77.7 Å². The van der Waals surface area contributed by atoms with Crippen molar-refractivity contribution in [1.29, 1.82) is 0 Å². The lowest BCUT2D eigenvalue weighted by molar-refractivity contribution is -0.137. The van der Waals surface area contributed by atoms with E-state index in [1.165, 1.54) is 51.4 Å². The van der Waals surface area contributed by atoms with Crippen LogP contribution in [0.3, 0.4) is 0 Å². The first-order chi connectivity index (χ1) is 27.6. The third-order valence-corrected chi connectivity index (χ3v) is 8.92. The smallest absolute Gasteiger partial charge is 0.303 e. The largest absolute Gasteiger partial charge is 0.481 e. The number of rotatable bonds is 43. The van der Waals surface area contributed by atoms with E-state index in [1.54, 1.807) is 0 Å². The molecule has 17 heteroatoms. The summed E-state index contributed by atoms with van der Waals surface area (Å²) in [6, 6.07) is -0.663. The number of carboxylic acids is 1. The van der Waals surface area contributed by atoms with Crippen molar-refractivity contribution >= 4 is 43.1 Å². The van der Waals surface area contributed by atoms with Crippen molar-refractivity contribution in [1.82, 2.24) is 21.3 Å². The van der Waals surface area contributed by atoms with Crippen LogP contribution >= 0.6 is 0 Å². The van der Waals surface area contributed by atoms with E-state index in [2.05, 4.69) is 21.3 Å². The van der Waals surface area contributed by atoms with Gasteiger partial charge in [-0.1, -0.05) is 77.0 Å². The van der Waals surface area contributed by atoms with Gasteiger partial charge in [-0.3, -0.25) is 24.0 Å². The minimum atomic E-state index is -0.697. The second kappa shape index (κ2) is 41.1. The molecule has 0 aromatic carbocycles. The van der Waals surface area contributed by atoms with E-state index in [-0.39, 0.29) is 69.9 Å². The van der Waals surface area contributed by atoms with Crippen LogP contribution in [0.1, 0.15) is 135 Å². The highest BCUT2D eigenvalue weighted by molar-refractivity contribution is 6.59. The van der Waals surface area contributed by atoms with Crippen LogP contribution < -0.4 is 27.0 Å². The summed E-state index contributed by atoms with van der Waals surface area (Å²) in [5, 5.41) is 19.7. The first-order valence-electron chi connectivity index (χ1n) is 21.3. The molecule has 0 heterocycles. The zero-order valence-corrected chi connectivity index (χ0v) is 34.6. The molecule has 0 aromatic heterocycles. The highest BCUT2D eigenvalue weighted by Gasteiger charge is 2.08. The van der Waals surface area contributed by atoms with Gasteiger partial charge in [-0.2, -0.15) is 0 Å². The van der Waals surface area contributed by atoms with Crippen LogP contribution in [0.25, 0.3) is 0 Å². The lowest BCUT2D eigenvalue weighted by Crippen LogP contribution is -2.32. The summed E-state index contributed by atoms with van der Waals surface area (Å²) >= 11 is 0. The molecule has 0 aromatic rings. The molecule has 0 aliphatic carbocycles. The molecule has 57 heavy (non-hydrogen) atoms. The molecule has 0 saturated heterocycles. The number of hydrogen-bond donors (Lipinski definition) is 6. The normalized spacial score (nSPS) is 11.5. The number of hydrogen-bond acceptors (Lipinski definition) is 11. The Morgan fingerprint density at radius 1 is 0.439 bits per heavy atom. The minimum absolute atomic E-state index is 0.0355. The second-order valence-electron chi connectivity index (χ2n) is 14.2. The quantitative estimate of drug-likeness (QED) is 0.0386. The SMILES string of the molecule is [B]C(=O)[C@@H](N)CCCCNC(=O)COCCOCCNC(=O)COCCOCCNC(=O)CCCNC(=O)CCCCCCCCCCCCCCCCC(=O)O. The van der Waals surface area contributed by atoms with Gasteiger partial charge in [0.1, 0.15) is 13.2 Å². The van der Waals surface area contributed by atoms with E-state index >= 15 is 0 Å². The number of carboxylic acid groups (broad SMARTS) is 1. The summed E-state index contributed by atoms with van der Waals surface area (Å²) in [5.41, 5.74) is 5.01. The Labute approximate surface area is 342 Å². The number of amides is 4. The van der Waals surface area contributed by atoms with Crippen molar-refractivity contribution in [2.45, 2.75) is 141 Å². The summed E-state index contributed by atoms with van der Waals surface area (Å²) in [7, 11) is 5.10. The van der Waals surface area contributed by atoms with Crippen molar-refractivity contribution in [2.24, 2.45) is 5.73 Å². The fourth-order valence-electron chi connectivity index (χ4n) is 5.59. The molecule has 0 fully saturated rings. The number of ether oxygens (including phenoxy) is 4. The Hall–Kier alpha value is -3.12. The maximum Gasteiger partial charge on any atom is 0.303 e. The molecule has 0 bridgehead atoms. The molecule has 328 valence electrons. The molecular formula is C40H74BN5O11. The molecule has 0 aliphatic rings. The average molecular weight is 812 g/mol. The maximum absolute atomic E-state index is 12.1. The second-order valence-corrected chi connectivity index (χ2v) is 14.2. The fraction of sp³-hybridized carbons (Fsp3) is 0.850. The van der Waals surface area contributed by atoms with Gasteiger partial charge in [0.15, 0.2) is 7.85 Å². The van der Waals surface area contributed by atoms with E-state index < -0.39 is 17.7 Å². The number of aliphatic carboxylic acids is 1. The van der Waals surface area contributed by atoms with Crippen LogP contribution in [0, 0.1) is 0 Å². The molecule has 0 unspecified atom stereocenters. The molecular weight excluding hydrogens is 737 g/mol. The lowest BCUT2D eigenvalue weighted by atomic mass is 9.92. The van der Waals surface area contributed by atoms with Gasteiger partial charge in [-0.05, 0) is 38.5 Å². The Morgan fingerprint density at radius 3 is 1.28 bits per heavy atom. The van der Waals surface area contributed by atoms with E-state index in [9.17, 15) is 28.8 Å². The van der Waals surface area contributed by atoms with Gasteiger partial charge in [-0.15, -0.1) is 0 Å². The Morgan fingerprint density at radius 2 is 0.807 bits per heavy atom. The van der Waals surface area contributed by atoms with Gasteiger partial charge < -0.3 is 55.8 Å². The Balaban J connectivity index is 3.39. The van der Waals surface area contributed by atoms with E-state index in [0.717, 1.165) is 38.5 Å². The average Bonchev–Trinajstić information content (AvgIpc) is 3.17. The third-order valence-electron chi connectivity index (χ3n) is 8.92. The van der Waals surface area contributed by atoms with Gasteiger partial charge in [0.25, 0.3) is 0 Å². The van der Waals surface area contributed by atoms with Crippen LogP contribution in [-0.2, 0) is 47.7 Å². The highest BCUT2D eigenvalue weighted by Crippen LogP contribution is 2.14. The Bertz CT molecular complexity index is 1060. The van der Waals surface area contributed by atoms with Gasteiger partial charge in [0.2, 0.25) is 23.6 Å². The number of nitrogens with one attached hydrogen (secondary N) is 4. The topological polar surface area (TPSA) is 234 Å². The molecule has 1 atom stereocenters.